The zero-order valence-electron chi connectivity index (χ0n) is 14.0. The van der Waals surface area contributed by atoms with E-state index in [1.165, 1.54) is 0 Å². The monoisotopic (exact) mass is 401 g/mol. The lowest BCUT2D eigenvalue weighted by Gasteiger charge is -2.18. The topological polar surface area (TPSA) is 147 Å². The SMILES string of the molecule is O=C(CN1C(=O)NC(=O)C1=O)Nc1nc(-c2ccc3c(c2)NC(=O)CO3)cs1. The minimum atomic E-state index is -1.08. The molecule has 3 N–H and O–H groups in total. The third-order valence-corrected chi connectivity index (χ3v) is 4.62. The molecule has 0 aliphatic carbocycles. The molecule has 142 valence electrons. The number of rotatable bonds is 4. The number of aromatic nitrogens is 1. The minimum Gasteiger partial charge on any atom is -0.482 e. The average Bonchev–Trinajstić information content (AvgIpc) is 3.21. The second-order valence-electron chi connectivity index (χ2n) is 5.78. The van der Waals surface area contributed by atoms with Gasteiger partial charge >= 0.3 is 17.8 Å². The number of hydrogen-bond acceptors (Lipinski definition) is 8. The Balaban J connectivity index is 1.45. The van der Waals surface area contributed by atoms with E-state index in [1.54, 1.807) is 28.9 Å². The van der Waals surface area contributed by atoms with Crippen LogP contribution < -0.4 is 20.7 Å². The van der Waals surface area contributed by atoms with Crippen LogP contribution in [0.5, 0.6) is 5.75 Å². The van der Waals surface area contributed by atoms with Crippen molar-refractivity contribution >= 4 is 51.8 Å². The molecule has 0 unspecified atom stereocenters. The molecular weight excluding hydrogens is 390 g/mol. The smallest absolute Gasteiger partial charge is 0.332 e. The molecule has 1 saturated heterocycles. The summed E-state index contributed by atoms with van der Waals surface area (Å²) in [6.45, 7) is -0.643. The highest BCUT2D eigenvalue weighted by Crippen LogP contribution is 2.33. The van der Waals surface area contributed by atoms with Crippen molar-refractivity contribution in [3.05, 3.63) is 23.6 Å². The standard InChI is InChI=1S/C16H11N5O6S/c22-11(4-21-14(25)13(24)20-16(21)26)19-15-18-9(6-28-15)7-1-2-10-8(3-7)17-12(23)5-27-10/h1-3,6H,4-5H2,(H,17,23)(H,18,19,22)(H,20,24,26). The van der Waals surface area contributed by atoms with Gasteiger partial charge in [0.05, 0.1) is 11.4 Å². The van der Waals surface area contributed by atoms with Crippen LogP contribution in [-0.2, 0) is 19.2 Å². The summed E-state index contributed by atoms with van der Waals surface area (Å²) in [5.74, 6) is -2.54. The molecule has 2 aliphatic heterocycles. The number of fused-ring (bicyclic) bond motifs is 1. The first-order chi connectivity index (χ1) is 13.4. The number of imide groups is 2. The first kappa shape index (κ1) is 17.6. The van der Waals surface area contributed by atoms with Crippen LogP contribution >= 0.6 is 11.3 Å². The van der Waals surface area contributed by atoms with Gasteiger partial charge in [-0.15, -0.1) is 11.3 Å². The zero-order chi connectivity index (χ0) is 19.8. The van der Waals surface area contributed by atoms with Gasteiger partial charge in [0, 0.05) is 10.9 Å². The van der Waals surface area contributed by atoms with Crippen molar-refractivity contribution in [1.82, 2.24) is 15.2 Å². The van der Waals surface area contributed by atoms with Crippen molar-refractivity contribution in [3.63, 3.8) is 0 Å². The van der Waals surface area contributed by atoms with Gasteiger partial charge in [-0.3, -0.25) is 24.5 Å². The number of nitrogens with zero attached hydrogens (tertiary/aromatic N) is 2. The van der Waals surface area contributed by atoms with Crippen LogP contribution in [-0.4, -0.2) is 52.7 Å². The number of thiazole rings is 1. The molecule has 1 aromatic heterocycles. The molecule has 6 amide bonds. The molecule has 28 heavy (non-hydrogen) atoms. The number of carbonyl (C=O) groups is 5. The van der Waals surface area contributed by atoms with Crippen molar-refractivity contribution in [2.45, 2.75) is 0 Å². The van der Waals surface area contributed by atoms with Gasteiger partial charge in [-0.1, -0.05) is 0 Å². The van der Waals surface area contributed by atoms with Gasteiger partial charge in [-0.2, -0.15) is 0 Å². The van der Waals surface area contributed by atoms with E-state index in [-0.39, 0.29) is 17.6 Å². The Morgan fingerprint density at radius 3 is 2.82 bits per heavy atom. The fraction of sp³-hybridized carbons (Fsp3) is 0.125. The summed E-state index contributed by atoms with van der Waals surface area (Å²) in [4.78, 5) is 62.3. The Kier molecular flexibility index (Phi) is 4.24. The zero-order valence-corrected chi connectivity index (χ0v) is 14.8. The molecule has 0 spiro atoms. The number of benzene rings is 1. The van der Waals surface area contributed by atoms with Gasteiger partial charge in [0.15, 0.2) is 11.7 Å². The van der Waals surface area contributed by atoms with Gasteiger partial charge in [0.1, 0.15) is 12.3 Å². The van der Waals surface area contributed by atoms with Gasteiger partial charge in [0.25, 0.3) is 5.91 Å². The molecule has 0 saturated carbocycles. The van der Waals surface area contributed by atoms with E-state index in [1.807, 2.05) is 0 Å². The Morgan fingerprint density at radius 2 is 2.07 bits per heavy atom. The highest BCUT2D eigenvalue weighted by Gasteiger charge is 2.38. The molecule has 3 heterocycles. The highest BCUT2D eigenvalue weighted by molar-refractivity contribution is 7.14. The molecule has 0 radical (unpaired) electrons. The van der Waals surface area contributed by atoms with E-state index in [9.17, 15) is 24.0 Å². The number of ether oxygens (including phenoxy) is 1. The molecule has 12 heteroatoms. The lowest BCUT2D eigenvalue weighted by molar-refractivity contribution is -0.140. The van der Waals surface area contributed by atoms with E-state index >= 15 is 0 Å². The normalized spacial score (nSPS) is 15.6. The summed E-state index contributed by atoms with van der Waals surface area (Å²) in [6.07, 6.45) is 0. The molecule has 0 bridgehead atoms. The highest BCUT2D eigenvalue weighted by atomic mass is 32.1. The van der Waals surface area contributed by atoms with Crippen LogP contribution in [0.15, 0.2) is 23.6 Å². The van der Waals surface area contributed by atoms with E-state index in [0.29, 0.717) is 27.6 Å². The molecule has 0 atom stereocenters. The van der Waals surface area contributed by atoms with Crippen LogP contribution in [0.1, 0.15) is 0 Å². The molecule has 1 aromatic carbocycles. The third kappa shape index (κ3) is 3.27. The summed E-state index contributed by atoms with van der Waals surface area (Å²) in [5, 5.41) is 8.92. The largest absolute Gasteiger partial charge is 0.482 e. The predicted octanol–water partition coefficient (Wildman–Crippen LogP) is 0.158. The predicted molar refractivity (Wildman–Crippen MR) is 95.6 cm³/mol. The van der Waals surface area contributed by atoms with Crippen molar-refractivity contribution < 1.29 is 28.7 Å². The summed E-state index contributed by atoms with van der Waals surface area (Å²) in [6, 6.07) is 4.22. The van der Waals surface area contributed by atoms with Gasteiger partial charge in [-0.25, -0.2) is 14.7 Å². The van der Waals surface area contributed by atoms with E-state index in [4.69, 9.17) is 4.74 Å². The fourth-order valence-corrected chi connectivity index (χ4v) is 3.32. The Hall–Kier alpha value is -3.80. The number of urea groups is 1. The van der Waals surface area contributed by atoms with Gasteiger partial charge in [0.2, 0.25) is 5.91 Å². The maximum Gasteiger partial charge on any atom is 0.332 e. The number of amides is 6. The Labute approximate surface area is 160 Å². The first-order valence-electron chi connectivity index (χ1n) is 7.90. The maximum absolute atomic E-state index is 12.0. The summed E-state index contributed by atoms with van der Waals surface area (Å²) in [5.41, 5.74) is 1.77. The third-order valence-electron chi connectivity index (χ3n) is 3.87. The lowest BCUT2D eigenvalue weighted by Crippen LogP contribution is -2.38. The minimum absolute atomic E-state index is 0.0393. The first-order valence-corrected chi connectivity index (χ1v) is 8.78. The summed E-state index contributed by atoms with van der Waals surface area (Å²) >= 11 is 1.14. The maximum atomic E-state index is 12.0. The molecule has 11 nitrogen and oxygen atoms in total. The second-order valence-corrected chi connectivity index (χ2v) is 6.64. The number of carbonyl (C=O) groups excluding carboxylic acids is 5. The van der Waals surface area contributed by atoms with Crippen LogP contribution in [0.3, 0.4) is 0 Å². The lowest BCUT2D eigenvalue weighted by atomic mass is 10.1. The van der Waals surface area contributed by atoms with Crippen LogP contribution in [0, 0.1) is 0 Å². The molecule has 1 fully saturated rings. The van der Waals surface area contributed by atoms with Crippen molar-refractivity contribution in [2.75, 3.05) is 23.8 Å². The quantitative estimate of drug-likeness (QED) is 0.488. The van der Waals surface area contributed by atoms with Gasteiger partial charge in [-0.05, 0) is 18.2 Å². The van der Waals surface area contributed by atoms with E-state index < -0.39 is 30.3 Å². The Morgan fingerprint density at radius 1 is 1.25 bits per heavy atom. The van der Waals surface area contributed by atoms with Crippen molar-refractivity contribution in [2.24, 2.45) is 0 Å². The van der Waals surface area contributed by atoms with E-state index in [0.717, 1.165) is 11.3 Å². The van der Waals surface area contributed by atoms with E-state index in [2.05, 4.69) is 15.6 Å². The molecular formula is C16H11N5O6S. The van der Waals surface area contributed by atoms with Crippen LogP contribution in [0.25, 0.3) is 11.3 Å². The van der Waals surface area contributed by atoms with Crippen molar-refractivity contribution in [3.8, 4) is 17.0 Å². The van der Waals surface area contributed by atoms with Crippen LogP contribution in [0.4, 0.5) is 15.6 Å². The van der Waals surface area contributed by atoms with Gasteiger partial charge < -0.3 is 15.4 Å². The number of nitrogens with one attached hydrogen (secondary N) is 3. The second kappa shape index (κ2) is 6.74. The average molecular weight is 401 g/mol. The molecule has 2 aromatic rings. The Bertz CT molecular complexity index is 1050. The summed E-state index contributed by atoms with van der Waals surface area (Å²) in [7, 11) is 0. The van der Waals surface area contributed by atoms with Crippen molar-refractivity contribution in [1.29, 1.82) is 0 Å². The molecule has 4 rings (SSSR count). The fourth-order valence-electron chi connectivity index (χ4n) is 2.59. The van der Waals surface area contributed by atoms with Crippen LogP contribution in [0.2, 0.25) is 0 Å². The number of anilines is 2. The number of hydrogen-bond donors (Lipinski definition) is 3. The summed E-state index contributed by atoms with van der Waals surface area (Å²) < 4.78 is 5.30. The molecule has 2 aliphatic rings.